The number of hydrogen-bond donors (Lipinski definition) is 0. The third kappa shape index (κ3) is 6.05. The average molecular weight is 444 g/mol. The molecule has 0 radical (unpaired) electrons. The Balaban J connectivity index is 1.27. The van der Waals surface area contributed by atoms with E-state index in [-0.39, 0.29) is 12.0 Å². The molecule has 0 aliphatic carbocycles. The van der Waals surface area contributed by atoms with Crippen molar-refractivity contribution in [1.29, 1.82) is 0 Å². The summed E-state index contributed by atoms with van der Waals surface area (Å²) < 4.78 is 11.1. The van der Waals surface area contributed by atoms with Crippen LogP contribution in [0.25, 0.3) is 10.6 Å². The number of benzene rings is 1. The van der Waals surface area contributed by atoms with Crippen LogP contribution in [0.4, 0.5) is 0 Å². The number of carbonyl (C=O) groups excluding carboxylic acids is 1. The molecule has 7 heteroatoms. The lowest BCUT2D eigenvalue weighted by Gasteiger charge is -2.33. The lowest BCUT2D eigenvalue weighted by Crippen LogP contribution is -2.41. The fourth-order valence-corrected chi connectivity index (χ4v) is 5.03. The van der Waals surface area contributed by atoms with Gasteiger partial charge in [-0.1, -0.05) is 0 Å². The van der Waals surface area contributed by atoms with Crippen molar-refractivity contribution in [3.8, 4) is 16.3 Å². The van der Waals surface area contributed by atoms with E-state index in [0.29, 0.717) is 11.6 Å². The number of piperidine rings is 1. The number of carbonyl (C=O) groups is 1. The quantitative estimate of drug-likeness (QED) is 0.643. The first-order valence-corrected chi connectivity index (χ1v) is 12.3. The van der Waals surface area contributed by atoms with Crippen LogP contribution in [0.1, 0.15) is 43.6 Å². The molecule has 1 amide bonds. The summed E-state index contributed by atoms with van der Waals surface area (Å²) in [5, 5.41) is 2.76. The molecule has 2 aliphatic heterocycles. The molecule has 0 N–H and O–H groups in total. The Kier molecular flexibility index (Phi) is 7.58. The molecule has 2 aromatic rings. The summed E-state index contributed by atoms with van der Waals surface area (Å²) in [5.41, 5.74) is 1.58. The van der Waals surface area contributed by atoms with Crippen LogP contribution >= 0.6 is 11.3 Å². The Morgan fingerprint density at radius 1 is 1.16 bits per heavy atom. The van der Waals surface area contributed by atoms with Crippen molar-refractivity contribution < 1.29 is 14.3 Å². The molecule has 0 bridgehead atoms. The first-order chi connectivity index (χ1) is 15.1. The molecule has 3 heterocycles. The fraction of sp³-hybridized carbons (Fsp3) is 0.583. The van der Waals surface area contributed by atoms with E-state index in [0.717, 1.165) is 75.1 Å². The summed E-state index contributed by atoms with van der Waals surface area (Å²) in [6, 6.07) is 7.93. The van der Waals surface area contributed by atoms with Gasteiger partial charge in [-0.05, 0) is 69.8 Å². The van der Waals surface area contributed by atoms with Gasteiger partial charge >= 0.3 is 0 Å². The van der Waals surface area contributed by atoms with Crippen molar-refractivity contribution in [3.63, 3.8) is 0 Å². The van der Waals surface area contributed by atoms with E-state index >= 15 is 0 Å². The lowest BCUT2D eigenvalue weighted by atomic mass is 9.93. The summed E-state index contributed by atoms with van der Waals surface area (Å²) in [6.07, 6.45) is 3.55. The largest absolute Gasteiger partial charge is 0.491 e. The second kappa shape index (κ2) is 10.6. The molecule has 0 unspecified atom stereocenters. The molecule has 0 saturated carbocycles. The molecule has 6 nitrogen and oxygen atoms in total. The van der Waals surface area contributed by atoms with Gasteiger partial charge in [-0.3, -0.25) is 9.69 Å². The van der Waals surface area contributed by atoms with Gasteiger partial charge in [-0.2, -0.15) is 0 Å². The maximum absolute atomic E-state index is 13.0. The summed E-state index contributed by atoms with van der Waals surface area (Å²) in [7, 11) is 0. The molecule has 0 atom stereocenters. The van der Waals surface area contributed by atoms with Gasteiger partial charge in [0.1, 0.15) is 16.5 Å². The number of aromatic nitrogens is 1. The Morgan fingerprint density at radius 2 is 1.87 bits per heavy atom. The predicted octanol–water partition coefficient (Wildman–Crippen LogP) is 4.17. The van der Waals surface area contributed by atoms with Gasteiger partial charge in [0.15, 0.2) is 0 Å². The first-order valence-electron chi connectivity index (χ1n) is 11.4. The third-order valence-corrected chi connectivity index (χ3v) is 6.95. The molecule has 168 valence electrons. The minimum atomic E-state index is 0.0638. The minimum Gasteiger partial charge on any atom is -0.491 e. The minimum absolute atomic E-state index is 0.0638. The molecule has 1 aromatic heterocycles. The highest BCUT2D eigenvalue weighted by Crippen LogP contribution is 2.28. The molecular formula is C24H33N3O3S. The number of hydrogen-bond acceptors (Lipinski definition) is 6. The lowest BCUT2D eigenvalue weighted by molar-refractivity contribution is 0.0332. The zero-order valence-electron chi connectivity index (χ0n) is 18.6. The van der Waals surface area contributed by atoms with Gasteiger partial charge in [0, 0.05) is 37.1 Å². The van der Waals surface area contributed by atoms with Crippen LogP contribution < -0.4 is 4.74 Å². The standard InChI is InChI=1S/C24H33N3O3S/c1-18(2)30-21-5-3-20(4-6-21)23-25-22(17-31-23)24(28)27-11-8-19(9-12-27)7-10-26-13-15-29-16-14-26/h3-6,17-19H,7-16H2,1-2H3. The molecule has 1 aromatic carbocycles. The van der Waals surface area contributed by atoms with Crippen LogP contribution in [0, 0.1) is 5.92 Å². The van der Waals surface area contributed by atoms with Crippen LogP contribution in [0.15, 0.2) is 29.6 Å². The number of ether oxygens (including phenoxy) is 2. The van der Waals surface area contributed by atoms with Crippen molar-refractivity contribution in [2.24, 2.45) is 5.92 Å². The molecular weight excluding hydrogens is 410 g/mol. The molecule has 2 fully saturated rings. The number of nitrogens with zero attached hydrogens (tertiary/aromatic N) is 3. The van der Waals surface area contributed by atoms with Gasteiger partial charge in [0.25, 0.3) is 5.91 Å². The molecule has 2 saturated heterocycles. The van der Waals surface area contributed by atoms with Gasteiger partial charge in [0.2, 0.25) is 0 Å². The molecule has 4 rings (SSSR count). The van der Waals surface area contributed by atoms with E-state index < -0.39 is 0 Å². The zero-order chi connectivity index (χ0) is 21.6. The highest BCUT2D eigenvalue weighted by atomic mass is 32.1. The van der Waals surface area contributed by atoms with Crippen molar-refractivity contribution in [2.75, 3.05) is 45.9 Å². The first kappa shape index (κ1) is 22.2. The van der Waals surface area contributed by atoms with E-state index in [2.05, 4.69) is 9.88 Å². The maximum Gasteiger partial charge on any atom is 0.273 e. The Hall–Kier alpha value is -1.96. The molecule has 2 aliphatic rings. The summed E-state index contributed by atoms with van der Waals surface area (Å²) >= 11 is 1.52. The zero-order valence-corrected chi connectivity index (χ0v) is 19.4. The van der Waals surface area contributed by atoms with Crippen LogP contribution in [0.2, 0.25) is 0 Å². The summed E-state index contributed by atoms with van der Waals surface area (Å²) in [4.78, 5) is 22.1. The Bertz CT molecular complexity index is 838. The van der Waals surface area contributed by atoms with E-state index in [9.17, 15) is 4.79 Å². The summed E-state index contributed by atoms with van der Waals surface area (Å²) in [6.45, 7) is 10.7. The van der Waals surface area contributed by atoms with Crippen LogP contribution in [0.5, 0.6) is 5.75 Å². The Morgan fingerprint density at radius 3 is 2.55 bits per heavy atom. The van der Waals surface area contributed by atoms with Gasteiger partial charge in [-0.25, -0.2) is 4.98 Å². The van der Waals surface area contributed by atoms with Crippen molar-refractivity contribution >= 4 is 17.2 Å². The number of rotatable bonds is 7. The van der Waals surface area contributed by atoms with Gasteiger partial charge < -0.3 is 14.4 Å². The third-order valence-electron chi connectivity index (χ3n) is 6.06. The van der Waals surface area contributed by atoms with Crippen LogP contribution in [0.3, 0.4) is 0 Å². The molecule has 31 heavy (non-hydrogen) atoms. The fourth-order valence-electron chi connectivity index (χ4n) is 4.23. The number of morpholine rings is 1. The van der Waals surface area contributed by atoms with Crippen LogP contribution in [-0.2, 0) is 4.74 Å². The maximum atomic E-state index is 13.0. The second-order valence-corrected chi connectivity index (χ2v) is 9.57. The highest BCUT2D eigenvalue weighted by Gasteiger charge is 2.25. The highest BCUT2D eigenvalue weighted by molar-refractivity contribution is 7.13. The van der Waals surface area contributed by atoms with E-state index in [1.165, 1.54) is 17.8 Å². The van der Waals surface area contributed by atoms with E-state index in [1.54, 1.807) is 0 Å². The van der Waals surface area contributed by atoms with E-state index in [4.69, 9.17) is 9.47 Å². The van der Waals surface area contributed by atoms with Gasteiger partial charge in [-0.15, -0.1) is 11.3 Å². The second-order valence-electron chi connectivity index (χ2n) is 8.71. The van der Waals surface area contributed by atoms with Gasteiger partial charge in [0.05, 0.1) is 19.3 Å². The monoisotopic (exact) mass is 443 g/mol. The predicted molar refractivity (Wildman–Crippen MR) is 124 cm³/mol. The Labute approximate surface area is 189 Å². The normalized spacial score (nSPS) is 18.5. The smallest absolute Gasteiger partial charge is 0.273 e. The SMILES string of the molecule is CC(C)Oc1ccc(-c2nc(C(=O)N3CCC(CCN4CCOCC4)CC3)cs2)cc1. The van der Waals surface area contributed by atoms with Crippen molar-refractivity contribution in [3.05, 3.63) is 35.3 Å². The molecule has 0 spiro atoms. The van der Waals surface area contributed by atoms with Crippen LogP contribution in [-0.4, -0.2) is 72.7 Å². The number of amides is 1. The number of thiazole rings is 1. The van der Waals surface area contributed by atoms with E-state index in [1.807, 2.05) is 48.4 Å². The average Bonchev–Trinajstić information content (AvgIpc) is 3.29. The summed E-state index contributed by atoms with van der Waals surface area (Å²) in [5.74, 6) is 1.63. The topological polar surface area (TPSA) is 54.9 Å². The number of likely N-dealkylation sites (tertiary alicyclic amines) is 1. The van der Waals surface area contributed by atoms with Crippen molar-refractivity contribution in [2.45, 2.75) is 39.2 Å². The van der Waals surface area contributed by atoms with Crippen molar-refractivity contribution in [1.82, 2.24) is 14.8 Å².